The number of thiophene rings is 1. The zero-order valence-electron chi connectivity index (χ0n) is 12.0. The molecule has 20 heavy (non-hydrogen) atoms. The van der Waals surface area contributed by atoms with Gasteiger partial charge in [-0.25, -0.2) is 4.79 Å². The summed E-state index contributed by atoms with van der Waals surface area (Å²) in [6.45, 7) is 5.94. The second-order valence-electron chi connectivity index (χ2n) is 5.12. The molecule has 0 saturated carbocycles. The molecule has 2 rings (SSSR count). The number of carboxylic acids is 1. The molecule has 0 spiro atoms. The average molecular weight is 293 g/mol. The lowest BCUT2D eigenvalue weighted by Crippen LogP contribution is -2.19. The molecule has 1 unspecified atom stereocenters. The van der Waals surface area contributed by atoms with Crippen molar-refractivity contribution in [2.45, 2.75) is 26.8 Å². The number of aryl methyl sites for hydroxylation is 2. The van der Waals surface area contributed by atoms with Gasteiger partial charge in [0.1, 0.15) is 11.4 Å². The van der Waals surface area contributed by atoms with Crippen LogP contribution in [0.5, 0.6) is 0 Å². The van der Waals surface area contributed by atoms with Crippen molar-refractivity contribution in [3.8, 4) is 0 Å². The summed E-state index contributed by atoms with van der Waals surface area (Å²) in [5, 5.41) is 18.9. The second kappa shape index (κ2) is 5.66. The number of rotatable bonds is 5. The topological polar surface area (TPSA) is 67.2 Å². The standard InChI is InChI=1S/C14H19N3O2S/c1-8(2)12(10-6-5-7-20-10)15-13-11(14(18)19)9(3)16-17(13)4/h5-8,12,15H,1-4H3,(H,18,19). The highest BCUT2D eigenvalue weighted by atomic mass is 32.1. The van der Waals surface area contributed by atoms with E-state index >= 15 is 0 Å². The zero-order chi connectivity index (χ0) is 14.9. The molecule has 2 N–H and O–H groups in total. The first-order valence-corrected chi connectivity index (χ1v) is 7.36. The minimum atomic E-state index is -0.952. The number of hydrogen-bond donors (Lipinski definition) is 2. The maximum atomic E-state index is 11.4. The number of hydrogen-bond acceptors (Lipinski definition) is 4. The van der Waals surface area contributed by atoms with E-state index in [-0.39, 0.29) is 11.6 Å². The van der Waals surface area contributed by atoms with Gasteiger partial charge in [0.15, 0.2) is 0 Å². The van der Waals surface area contributed by atoms with Gasteiger partial charge in [0, 0.05) is 11.9 Å². The average Bonchev–Trinajstić information content (AvgIpc) is 2.93. The molecule has 0 aromatic carbocycles. The Morgan fingerprint density at radius 1 is 1.50 bits per heavy atom. The Hall–Kier alpha value is -1.82. The minimum absolute atomic E-state index is 0.0721. The number of nitrogens with one attached hydrogen (secondary N) is 1. The molecule has 0 bridgehead atoms. The van der Waals surface area contributed by atoms with E-state index in [0.29, 0.717) is 17.4 Å². The van der Waals surface area contributed by atoms with E-state index < -0.39 is 5.97 Å². The van der Waals surface area contributed by atoms with Gasteiger partial charge in [0.2, 0.25) is 0 Å². The molecule has 0 aliphatic heterocycles. The first-order chi connectivity index (χ1) is 9.41. The Balaban J connectivity index is 2.39. The Bertz CT molecular complexity index is 602. The second-order valence-corrected chi connectivity index (χ2v) is 6.10. The molecular formula is C14H19N3O2S. The third kappa shape index (κ3) is 2.70. The highest BCUT2D eigenvalue weighted by Gasteiger charge is 2.24. The van der Waals surface area contributed by atoms with E-state index in [1.165, 1.54) is 4.88 Å². The molecule has 0 amide bonds. The first kappa shape index (κ1) is 14.6. The van der Waals surface area contributed by atoms with Gasteiger partial charge >= 0.3 is 5.97 Å². The SMILES string of the molecule is Cc1nn(C)c(NC(c2cccs2)C(C)C)c1C(=O)O. The summed E-state index contributed by atoms with van der Waals surface area (Å²) in [7, 11) is 1.76. The molecular weight excluding hydrogens is 274 g/mol. The van der Waals surface area contributed by atoms with Crippen molar-refractivity contribution in [3.05, 3.63) is 33.6 Å². The van der Waals surface area contributed by atoms with Gasteiger partial charge in [-0.2, -0.15) is 5.10 Å². The summed E-state index contributed by atoms with van der Waals surface area (Å²) in [6, 6.07) is 4.14. The lowest BCUT2D eigenvalue weighted by molar-refractivity contribution is 0.0697. The molecule has 2 aromatic rings. The van der Waals surface area contributed by atoms with Crippen molar-refractivity contribution in [2.75, 3.05) is 5.32 Å². The van der Waals surface area contributed by atoms with Gasteiger partial charge < -0.3 is 10.4 Å². The van der Waals surface area contributed by atoms with Crippen molar-refractivity contribution in [3.63, 3.8) is 0 Å². The Morgan fingerprint density at radius 3 is 2.70 bits per heavy atom. The van der Waals surface area contributed by atoms with Crippen LogP contribution in [0.2, 0.25) is 0 Å². The normalized spacial score (nSPS) is 12.7. The molecule has 2 heterocycles. The van der Waals surface area contributed by atoms with Gasteiger partial charge in [-0.3, -0.25) is 4.68 Å². The lowest BCUT2D eigenvalue weighted by Gasteiger charge is -2.22. The molecule has 0 saturated heterocycles. The predicted molar refractivity (Wildman–Crippen MR) is 80.4 cm³/mol. The van der Waals surface area contributed by atoms with E-state index in [4.69, 9.17) is 0 Å². The number of carbonyl (C=O) groups is 1. The minimum Gasteiger partial charge on any atom is -0.477 e. The summed E-state index contributed by atoms with van der Waals surface area (Å²) in [5.74, 6) is -0.0561. The van der Waals surface area contributed by atoms with Crippen molar-refractivity contribution in [1.29, 1.82) is 0 Å². The van der Waals surface area contributed by atoms with Gasteiger partial charge in [-0.15, -0.1) is 11.3 Å². The smallest absolute Gasteiger partial charge is 0.341 e. The molecule has 108 valence electrons. The summed E-state index contributed by atoms with van der Waals surface area (Å²) in [5.41, 5.74) is 0.769. The molecule has 6 heteroatoms. The van der Waals surface area contributed by atoms with Crippen LogP contribution in [0.25, 0.3) is 0 Å². The quantitative estimate of drug-likeness (QED) is 0.887. The maximum absolute atomic E-state index is 11.4. The largest absolute Gasteiger partial charge is 0.477 e. The number of nitrogens with zero attached hydrogens (tertiary/aromatic N) is 2. The van der Waals surface area contributed by atoms with Gasteiger partial charge in [-0.1, -0.05) is 19.9 Å². The monoisotopic (exact) mass is 293 g/mol. The van der Waals surface area contributed by atoms with Crippen molar-refractivity contribution in [1.82, 2.24) is 9.78 Å². The zero-order valence-corrected chi connectivity index (χ0v) is 12.9. The van der Waals surface area contributed by atoms with Gasteiger partial charge in [0.25, 0.3) is 0 Å². The van der Waals surface area contributed by atoms with Crippen LogP contribution in [-0.2, 0) is 7.05 Å². The lowest BCUT2D eigenvalue weighted by atomic mass is 10.0. The van der Waals surface area contributed by atoms with E-state index in [9.17, 15) is 9.90 Å². The van der Waals surface area contributed by atoms with E-state index in [0.717, 1.165) is 0 Å². The Morgan fingerprint density at radius 2 is 2.20 bits per heavy atom. The highest BCUT2D eigenvalue weighted by Crippen LogP contribution is 2.31. The van der Waals surface area contributed by atoms with Crippen LogP contribution in [0.1, 0.15) is 40.8 Å². The maximum Gasteiger partial charge on any atom is 0.341 e. The van der Waals surface area contributed by atoms with Gasteiger partial charge in [0.05, 0.1) is 11.7 Å². The van der Waals surface area contributed by atoms with Crippen molar-refractivity contribution < 1.29 is 9.90 Å². The molecule has 0 fully saturated rings. The number of aromatic nitrogens is 2. The molecule has 0 aliphatic rings. The number of anilines is 1. The molecule has 1 atom stereocenters. The fourth-order valence-electron chi connectivity index (χ4n) is 2.26. The Kier molecular flexibility index (Phi) is 4.13. The third-order valence-corrected chi connectivity index (χ3v) is 4.20. The molecule has 0 aliphatic carbocycles. The Labute approximate surface area is 122 Å². The van der Waals surface area contributed by atoms with Crippen molar-refractivity contribution in [2.24, 2.45) is 13.0 Å². The fourth-order valence-corrected chi connectivity index (χ4v) is 3.21. The van der Waals surface area contributed by atoms with E-state index in [2.05, 4.69) is 30.3 Å². The molecule has 0 radical (unpaired) electrons. The van der Waals surface area contributed by atoms with Crippen LogP contribution in [0.4, 0.5) is 5.82 Å². The van der Waals surface area contributed by atoms with Crippen molar-refractivity contribution >= 4 is 23.1 Å². The van der Waals surface area contributed by atoms with E-state index in [1.807, 2.05) is 11.4 Å². The fraction of sp³-hybridized carbons (Fsp3) is 0.429. The molecule has 5 nitrogen and oxygen atoms in total. The first-order valence-electron chi connectivity index (χ1n) is 6.48. The summed E-state index contributed by atoms with van der Waals surface area (Å²) >= 11 is 1.67. The predicted octanol–water partition coefficient (Wildman–Crippen LogP) is 3.30. The summed E-state index contributed by atoms with van der Waals surface area (Å²) in [4.78, 5) is 12.6. The summed E-state index contributed by atoms with van der Waals surface area (Å²) < 4.78 is 1.60. The van der Waals surface area contributed by atoms with Crippen LogP contribution in [0.3, 0.4) is 0 Å². The summed E-state index contributed by atoms with van der Waals surface area (Å²) in [6.07, 6.45) is 0. The third-order valence-electron chi connectivity index (χ3n) is 3.24. The van der Waals surface area contributed by atoms with Gasteiger partial charge in [-0.05, 0) is 24.3 Å². The highest BCUT2D eigenvalue weighted by molar-refractivity contribution is 7.10. The van der Waals surface area contributed by atoms with E-state index in [1.54, 1.807) is 30.0 Å². The number of carboxylic acid groups (broad SMARTS) is 1. The van der Waals surface area contributed by atoms with Crippen LogP contribution >= 0.6 is 11.3 Å². The van der Waals surface area contributed by atoms with Crippen LogP contribution in [0, 0.1) is 12.8 Å². The van der Waals surface area contributed by atoms with Crippen LogP contribution < -0.4 is 5.32 Å². The van der Waals surface area contributed by atoms with Crippen LogP contribution in [0.15, 0.2) is 17.5 Å². The number of aromatic carboxylic acids is 1. The molecule has 2 aromatic heterocycles. The van der Waals surface area contributed by atoms with Crippen LogP contribution in [-0.4, -0.2) is 20.9 Å².